The number of aromatic nitrogens is 2. The Hall–Kier alpha value is -1.89. The SMILES string of the molecule is C[C@@H]1CCCC[C@H]1OCCNC(=O)N1CCN(c2ncccn2)CC1. The first-order chi connectivity index (χ1) is 12.2. The summed E-state index contributed by atoms with van der Waals surface area (Å²) in [7, 11) is 0. The standard InChI is InChI=1S/C18H29N5O2/c1-15-5-2-3-6-16(15)25-14-9-21-18(24)23-12-10-22(11-13-23)17-19-7-4-8-20-17/h4,7-8,15-16H,2-3,5-6,9-14H2,1H3,(H,21,24)/t15-,16-/m1/s1. The second-order valence-corrected chi connectivity index (χ2v) is 6.93. The van der Waals surface area contributed by atoms with Crippen LogP contribution in [0.15, 0.2) is 18.5 Å². The molecule has 2 amide bonds. The number of ether oxygens (including phenoxy) is 1. The quantitative estimate of drug-likeness (QED) is 0.824. The van der Waals surface area contributed by atoms with Crippen LogP contribution in [0.4, 0.5) is 10.7 Å². The molecule has 2 heterocycles. The lowest BCUT2D eigenvalue weighted by molar-refractivity contribution is -0.00272. The lowest BCUT2D eigenvalue weighted by Crippen LogP contribution is -2.52. The Bertz CT molecular complexity index is 534. The minimum Gasteiger partial charge on any atom is -0.376 e. The van der Waals surface area contributed by atoms with Crippen molar-refractivity contribution in [2.45, 2.75) is 38.7 Å². The number of hydrogen-bond acceptors (Lipinski definition) is 5. The van der Waals surface area contributed by atoms with Crippen LogP contribution in [0.3, 0.4) is 0 Å². The van der Waals surface area contributed by atoms with Gasteiger partial charge in [-0.2, -0.15) is 0 Å². The van der Waals surface area contributed by atoms with Crippen molar-refractivity contribution in [1.82, 2.24) is 20.2 Å². The molecule has 25 heavy (non-hydrogen) atoms. The highest BCUT2D eigenvalue weighted by Crippen LogP contribution is 2.25. The Labute approximate surface area is 149 Å². The van der Waals surface area contributed by atoms with Crippen LogP contribution in [0.5, 0.6) is 0 Å². The molecule has 1 aliphatic heterocycles. The number of hydrogen-bond donors (Lipinski definition) is 1. The van der Waals surface area contributed by atoms with Crippen molar-refractivity contribution in [3.8, 4) is 0 Å². The summed E-state index contributed by atoms with van der Waals surface area (Å²) in [5, 5.41) is 2.97. The molecule has 2 atom stereocenters. The molecule has 1 saturated heterocycles. The van der Waals surface area contributed by atoms with Crippen LogP contribution in [0.2, 0.25) is 0 Å². The molecule has 1 aromatic heterocycles. The Morgan fingerprint density at radius 3 is 2.64 bits per heavy atom. The maximum absolute atomic E-state index is 12.3. The van der Waals surface area contributed by atoms with Gasteiger partial charge < -0.3 is 19.9 Å². The van der Waals surface area contributed by atoms with Crippen molar-refractivity contribution in [1.29, 1.82) is 0 Å². The van der Waals surface area contributed by atoms with Gasteiger partial charge >= 0.3 is 6.03 Å². The van der Waals surface area contributed by atoms with Gasteiger partial charge in [0.1, 0.15) is 0 Å². The molecule has 7 nitrogen and oxygen atoms in total. The Morgan fingerprint density at radius 1 is 1.20 bits per heavy atom. The van der Waals surface area contributed by atoms with E-state index in [4.69, 9.17) is 4.74 Å². The van der Waals surface area contributed by atoms with E-state index in [0.29, 0.717) is 38.3 Å². The maximum atomic E-state index is 12.3. The molecule has 1 saturated carbocycles. The Morgan fingerprint density at radius 2 is 1.92 bits per heavy atom. The number of amides is 2. The van der Waals surface area contributed by atoms with Gasteiger partial charge in [0.05, 0.1) is 12.7 Å². The summed E-state index contributed by atoms with van der Waals surface area (Å²) in [5.74, 6) is 1.37. The van der Waals surface area contributed by atoms with Crippen molar-refractivity contribution >= 4 is 12.0 Å². The molecule has 0 unspecified atom stereocenters. The van der Waals surface area contributed by atoms with Crippen molar-refractivity contribution in [3.05, 3.63) is 18.5 Å². The number of carbonyl (C=O) groups excluding carboxylic acids is 1. The van der Waals surface area contributed by atoms with Crippen LogP contribution in [0.1, 0.15) is 32.6 Å². The minimum absolute atomic E-state index is 0.00563. The first-order valence-corrected chi connectivity index (χ1v) is 9.40. The third kappa shape index (κ3) is 5.04. The molecule has 7 heteroatoms. The molecular formula is C18H29N5O2. The molecule has 0 radical (unpaired) electrons. The van der Waals surface area contributed by atoms with E-state index in [0.717, 1.165) is 25.5 Å². The summed E-state index contributed by atoms with van der Waals surface area (Å²) in [6.07, 6.45) is 8.84. The van der Waals surface area contributed by atoms with E-state index >= 15 is 0 Å². The van der Waals surface area contributed by atoms with E-state index in [1.54, 1.807) is 12.4 Å². The van der Waals surface area contributed by atoms with Crippen LogP contribution >= 0.6 is 0 Å². The van der Waals surface area contributed by atoms with Gasteiger partial charge in [0, 0.05) is 45.1 Å². The topological polar surface area (TPSA) is 70.6 Å². The van der Waals surface area contributed by atoms with Crippen LogP contribution in [-0.4, -0.2) is 66.3 Å². The lowest BCUT2D eigenvalue weighted by atomic mass is 9.88. The Kier molecular flexibility index (Phi) is 6.44. The fraction of sp³-hybridized carbons (Fsp3) is 0.722. The summed E-state index contributed by atoms with van der Waals surface area (Å²) in [4.78, 5) is 24.7. The van der Waals surface area contributed by atoms with E-state index in [9.17, 15) is 4.79 Å². The molecule has 3 rings (SSSR count). The second kappa shape index (κ2) is 8.99. The van der Waals surface area contributed by atoms with Gasteiger partial charge in [-0.3, -0.25) is 0 Å². The van der Waals surface area contributed by atoms with Gasteiger partial charge in [0.25, 0.3) is 0 Å². The summed E-state index contributed by atoms with van der Waals surface area (Å²) in [5.41, 5.74) is 0. The van der Waals surface area contributed by atoms with Crippen LogP contribution in [-0.2, 0) is 4.74 Å². The smallest absolute Gasteiger partial charge is 0.317 e. The van der Waals surface area contributed by atoms with Gasteiger partial charge in [-0.05, 0) is 24.8 Å². The number of urea groups is 1. The number of nitrogens with one attached hydrogen (secondary N) is 1. The highest BCUT2D eigenvalue weighted by molar-refractivity contribution is 5.74. The molecule has 138 valence electrons. The lowest BCUT2D eigenvalue weighted by Gasteiger charge is -2.34. The number of anilines is 1. The first-order valence-electron chi connectivity index (χ1n) is 9.40. The van der Waals surface area contributed by atoms with Gasteiger partial charge in [-0.15, -0.1) is 0 Å². The predicted molar refractivity (Wildman–Crippen MR) is 96.6 cm³/mol. The Balaban J connectivity index is 1.33. The van der Waals surface area contributed by atoms with E-state index in [2.05, 4.69) is 27.1 Å². The molecule has 0 bridgehead atoms. The third-order valence-corrected chi connectivity index (χ3v) is 5.14. The summed E-state index contributed by atoms with van der Waals surface area (Å²) in [6, 6.07) is 1.80. The average molecular weight is 347 g/mol. The van der Waals surface area contributed by atoms with E-state index < -0.39 is 0 Å². The summed E-state index contributed by atoms with van der Waals surface area (Å²) >= 11 is 0. The monoisotopic (exact) mass is 347 g/mol. The van der Waals surface area contributed by atoms with Gasteiger partial charge in [-0.25, -0.2) is 14.8 Å². The number of carbonyl (C=O) groups is 1. The summed E-state index contributed by atoms with van der Waals surface area (Å²) < 4.78 is 5.95. The van der Waals surface area contributed by atoms with Crippen molar-refractivity contribution < 1.29 is 9.53 Å². The minimum atomic E-state index is -0.00563. The number of nitrogens with zero attached hydrogens (tertiary/aromatic N) is 4. The van der Waals surface area contributed by atoms with Crippen molar-refractivity contribution in [3.63, 3.8) is 0 Å². The molecule has 2 fully saturated rings. The highest BCUT2D eigenvalue weighted by Gasteiger charge is 2.23. The molecule has 2 aliphatic rings. The van der Waals surface area contributed by atoms with Crippen LogP contribution in [0.25, 0.3) is 0 Å². The molecule has 0 spiro atoms. The second-order valence-electron chi connectivity index (χ2n) is 6.93. The maximum Gasteiger partial charge on any atom is 0.317 e. The van der Waals surface area contributed by atoms with Crippen LogP contribution < -0.4 is 10.2 Å². The molecule has 1 N–H and O–H groups in total. The first kappa shape index (κ1) is 17.9. The van der Waals surface area contributed by atoms with Crippen molar-refractivity contribution in [2.75, 3.05) is 44.2 Å². The number of rotatable bonds is 5. The molecular weight excluding hydrogens is 318 g/mol. The normalized spacial score (nSPS) is 24.2. The zero-order chi connectivity index (χ0) is 17.5. The van der Waals surface area contributed by atoms with Crippen LogP contribution in [0, 0.1) is 5.92 Å². The zero-order valence-corrected chi connectivity index (χ0v) is 15.1. The van der Waals surface area contributed by atoms with E-state index in [-0.39, 0.29) is 6.03 Å². The fourth-order valence-corrected chi connectivity index (χ4v) is 3.57. The average Bonchev–Trinajstić information content (AvgIpc) is 2.67. The zero-order valence-electron chi connectivity index (χ0n) is 15.1. The van der Waals surface area contributed by atoms with Crippen molar-refractivity contribution in [2.24, 2.45) is 5.92 Å². The molecule has 0 aromatic carbocycles. The molecule has 1 aromatic rings. The predicted octanol–water partition coefficient (Wildman–Crippen LogP) is 1.90. The largest absolute Gasteiger partial charge is 0.376 e. The summed E-state index contributed by atoms with van der Waals surface area (Å²) in [6.45, 7) is 6.32. The van der Waals surface area contributed by atoms with Gasteiger partial charge in [0.15, 0.2) is 0 Å². The third-order valence-electron chi connectivity index (χ3n) is 5.14. The highest BCUT2D eigenvalue weighted by atomic mass is 16.5. The fourth-order valence-electron chi connectivity index (χ4n) is 3.57. The van der Waals surface area contributed by atoms with E-state index in [1.807, 2.05) is 11.0 Å². The van der Waals surface area contributed by atoms with Gasteiger partial charge in [-0.1, -0.05) is 19.8 Å². The van der Waals surface area contributed by atoms with Gasteiger partial charge in [0.2, 0.25) is 5.95 Å². The molecule has 1 aliphatic carbocycles. The number of piperazine rings is 1. The van der Waals surface area contributed by atoms with E-state index in [1.165, 1.54) is 19.3 Å².